The fourth-order valence-electron chi connectivity index (χ4n) is 5.80. The average Bonchev–Trinajstić information content (AvgIpc) is 3.47. The molecule has 3 saturated heterocycles. The first-order valence-corrected chi connectivity index (χ1v) is 12.7. The smallest absolute Gasteiger partial charge is 0.312 e. The highest BCUT2D eigenvalue weighted by atomic mass is 16.6. The third-order valence-corrected chi connectivity index (χ3v) is 7.36. The van der Waals surface area contributed by atoms with Gasteiger partial charge < -0.3 is 29.7 Å². The van der Waals surface area contributed by atoms with Gasteiger partial charge in [-0.2, -0.15) is 0 Å². The van der Waals surface area contributed by atoms with Crippen LogP contribution in [0.15, 0.2) is 25.3 Å². The Morgan fingerprint density at radius 2 is 2.03 bits per heavy atom. The molecule has 10 nitrogen and oxygen atoms in total. The minimum atomic E-state index is -1.14. The highest BCUT2D eigenvalue weighted by Gasteiger charge is 2.75. The maximum Gasteiger partial charge on any atom is 0.312 e. The van der Waals surface area contributed by atoms with Gasteiger partial charge in [-0.3, -0.25) is 19.2 Å². The standard InChI is InChI=1S/C26H39N3O7/c1-6-8-9-19(31)27-15-17(5)35-25(34)20-18-10-11-26(36-18)21(20)23(32)29(13-14-30)22(26)24(33)28(12-7-2)16(3)4/h6-7,16-18,20-22,30H,1-2,8-15H2,3-5H3,(H,27,31)/t17-,18-,20+,21+,22-,26+/m0/s1. The normalized spacial score (nSPS) is 29.1. The predicted molar refractivity (Wildman–Crippen MR) is 131 cm³/mol. The maximum absolute atomic E-state index is 13.8. The number of amides is 3. The van der Waals surface area contributed by atoms with E-state index < -0.39 is 41.7 Å². The number of aliphatic hydroxyl groups excluding tert-OH is 1. The zero-order valence-electron chi connectivity index (χ0n) is 21.5. The second-order valence-electron chi connectivity index (χ2n) is 10.1. The quantitative estimate of drug-likeness (QED) is 0.280. The van der Waals surface area contributed by atoms with Crippen molar-refractivity contribution in [2.45, 2.75) is 76.3 Å². The lowest BCUT2D eigenvalue weighted by Gasteiger charge is -2.38. The predicted octanol–water partition coefficient (Wildman–Crippen LogP) is 0.790. The lowest BCUT2D eigenvalue weighted by atomic mass is 9.70. The Kier molecular flexibility index (Phi) is 8.94. The second kappa shape index (κ2) is 11.6. The molecule has 0 aliphatic carbocycles. The van der Waals surface area contributed by atoms with Gasteiger partial charge in [0.05, 0.1) is 31.1 Å². The highest BCUT2D eigenvalue weighted by Crippen LogP contribution is 2.58. The summed E-state index contributed by atoms with van der Waals surface area (Å²) in [6.07, 6.45) is 4.00. The molecule has 200 valence electrons. The number of hydrogen-bond donors (Lipinski definition) is 2. The van der Waals surface area contributed by atoms with E-state index >= 15 is 0 Å². The molecule has 36 heavy (non-hydrogen) atoms. The molecule has 3 amide bonds. The Labute approximate surface area is 212 Å². The van der Waals surface area contributed by atoms with Crippen LogP contribution in [0.3, 0.4) is 0 Å². The Hall–Kier alpha value is -2.72. The van der Waals surface area contributed by atoms with Crippen molar-refractivity contribution in [2.24, 2.45) is 11.8 Å². The zero-order chi connectivity index (χ0) is 26.6. The van der Waals surface area contributed by atoms with E-state index in [1.807, 2.05) is 13.8 Å². The molecule has 10 heteroatoms. The fourth-order valence-corrected chi connectivity index (χ4v) is 5.80. The van der Waals surface area contributed by atoms with Crippen LogP contribution >= 0.6 is 0 Å². The van der Waals surface area contributed by atoms with Crippen molar-refractivity contribution in [1.29, 1.82) is 0 Å². The van der Waals surface area contributed by atoms with E-state index in [1.165, 1.54) is 4.90 Å². The topological polar surface area (TPSA) is 125 Å². The summed E-state index contributed by atoms with van der Waals surface area (Å²) in [4.78, 5) is 55.5. The molecule has 3 aliphatic heterocycles. The Balaban J connectivity index is 1.80. The fraction of sp³-hybridized carbons (Fsp3) is 0.692. The summed E-state index contributed by atoms with van der Waals surface area (Å²) in [5.74, 6) is -3.11. The molecule has 0 aromatic heterocycles. The molecule has 2 bridgehead atoms. The van der Waals surface area contributed by atoms with Gasteiger partial charge in [-0.25, -0.2) is 0 Å². The Morgan fingerprint density at radius 3 is 2.64 bits per heavy atom. The number of hydrogen-bond acceptors (Lipinski definition) is 7. The maximum atomic E-state index is 13.8. The number of nitrogens with one attached hydrogen (secondary N) is 1. The van der Waals surface area contributed by atoms with Crippen molar-refractivity contribution in [3.63, 3.8) is 0 Å². The molecule has 3 aliphatic rings. The van der Waals surface area contributed by atoms with E-state index in [0.717, 1.165) is 0 Å². The number of carbonyl (C=O) groups excluding carboxylic acids is 4. The Morgan fingerprint density at radius 1 is 1.31 bits per heavy atom. The molecular weight excluding hydrogens is 466 g/mol. The zero-order valence-corrected chi connectivity index (χ0v) is 21.5. The summed E-state index contributed by atoms with van der Waals surface area (Å²) in [5, 5.41) is 12.4. The van der Waals surface area contributed by atoms with E-state index in [0.29, 0.717) is 32.2 Å². The van der Waals surface area contributed by atoms with Gasteiger partial charge in [-0.1, -0.05) is 12.2 Å². The van der Waals surface area contributed by atoms with Crippen LogP contribution in [0.5, 0.6) is 0 Å². The van der Waals surface area contributed by atoms with Crippen LogP contribution in [0.4, 0.5) is 0 Å². The van der Waals surface area contributed by atoms with E-state index in [-0.39, 0.29) is 43.5 Å². The third-order valence-electron chi connectivity index (χ3n) is 7.36. The molecule has 1 spiro atoms. The van der Waals surface area contributed by atoms with Gasteiger partial charge in [0.15, 0.2) is 0 Å². The number of β-amino-alcohol motifs (C(OH)–C–C–N with tert-alkyl or cyclic N) is 1. The monoisotopic (exact) mass is 505 g/mol. The van der Waals surface area contributed by atoms with E-state index in [4.69, 9.17) is 9.47 Å². The van der Waals surface area contributed by atoms with Gasteiger partial charge in [0.25, 0.3) is 0 Å². The molecular formula is C26H39N3O7. The van der Waals surface area contributed by atoms with E-state index in [2.05, 4.69) is 18.5 Å². The SMILES string of the molecule is C=CCCC(=O)NC[C@H](C)OC(=O)[C@@H]1[C@@H]2CC[C@]3(O2)[C@H](C(=O)N(CC=C)C(C)C)N(CCO)C(=O)[C@@H]13. The van der Waals surface area contributed by atoms with Gasteiger partial charge in [0.1, 0.15) is 17.7 Å². The van der Waals surface area contributed by atoms with Crippen molar-refractivity contribution >= 4 is 23.7 Å². The molecule has 0 unspecified atom stereocenters. The highest BCUT2D eigenvalue weighted by molar-refractivity contribution is 5.98. The van der Waals surface area contributed by atoms with Gasteiger partial charge in [0, 0.05) is 25.6 Å². The van der Waals surface area contributed by atoms with Crippen molar-refractivity contribution < 1.29 is 33.8 Å². The number of carbonyl (C=O) groups is 4. The number of ether oxygens (including phenoxy) is 2. The average molecular weight is 506 g/mol. The summed E-state index contributed by atoms with van der Waals surface area (Å²) >= 11 is 0. The van der Waals surface area contributed by atoms with Gasteiger partial charge in [-0.15, -0.1) is 13.2 Å². The van der Waals surface area contributed by atoms with Crippen LogP contribution < -0.4 is 5.32 Å². The molecule has 3 rings (SSSR count). The van der Waals surface area contributed by atoms with Crippen molar-refractivity contribution in [3.8, 4) is 0 Å². The van der Waals surface area contributed by atoms with E-state index in [9.17, 15) is 24.3 Å². The number of rotatable bonds is 13. The lowest BCUT2D eigenvalue weighted by molar-refractivity contribution is -0.159. The summed E-state index contributed by atoms with van der Waals surface area (Å²) < 4.78 is 12.0. The second-order valence-corrected chi connectivity index (χ2v) is 10.1. The molecule has 0 radical (unpaired) electrons. The first-order chi connectivity index (χ1) is 17.1. The van der Waals surface area contributed by atoms with Crippen LogP contribution in [0.25, 0.3) is 0 Å². The van der Waals surface area contributed by atoms with Crippen molar-refractivity contribution in [3.05, 3.63) is 25.3 Å². The number of fused-ring (bicyclic) bond motifs is 1. The molecule has 3 heterocycles. The van der Waals surface area contributed by atoms with Crippen LogP contribution in [0.2, 0.25) is 0 Å². The minimum absolute atomic E-state index is 0.0313. The molecule has 2 N–H and O–H groups in total. The molecule has 3 fully saturated rings. The summed E-state index contributed by atoms with van der Waals surface area (Å²) in [7, 11) is 0. The van der Waals surface area contributed by atoms with Gasteiger partial charge in [-0.05, 0) is 40.0 Å². The van der Waals surface area contributed by atoms with Crippen LogP contribution in [0.1, 0.15) is 46.5 Å². The first-order valence-electron chi connectivity index (χ1n) is 12.7. The number of aliphatic hydroxyl groups is 1. The molecule has 0 aromatic rings. The largest absolute Gasteiger partial charge is 0.460 e. The minimum Gasteiger partial charge on any atom is -0.460 e. The number of likely N-dealkylation sites (tertiary alicyclic amines) is 1. The van der Waals surface area contributed by atoms with Gasteiger partial charge >= 0.3 is 5.97 Å². The lowest BCUT2D eigenvalue weighted by Crippen LogP contribution is -2.57. The first kappa shape index (κ1) is 27.9. The summed E-state index contributed by atoms with van der Waals surface area (Å²) in [6, 6.07) is -1.08. The number of nitrogens with zero attached hydrogens (tertiary/aromatic N) is 2. The summed E-state index contributed by atoms with van der Waals surface area (Å²) in [6.45, 7) is 12.9. The van der Waals surface area contributed by atoms with Crippen molar-refractivity contribution in [2.75, 3.05) is 26.2 Å². The van der Waals surface area contributed by atoms with Gasteiger partial charge in [0.2, 0.25) is 17.7 Å². The van der Waals surface area contributed by atoms with E-state index in [1.54, 1.807) is 24.0 Å². The molecule has 0 aromatic carbocycles. The summed E-state index contributed by atoms with van der Waals surface area (Å²) in [5.41, 5.74) is -1.14. The number of allylic oxidation sites excluding steroid dienone is 1. The molecule has 0 saturated carbocycles. The van der Waals surface area contributed by atoms with Crippen LogP contribution in [0, 0.1) is 11.8 Å². The number of esters is 1. The third kappa shape index (κ3) is 5.06. The Bertz CT molecular complexity index is 891. The van der Waals surface area contributed by atoms with Crippen LogP contribution in [-0.4, -0.2) is 94.7 Å². The van der Waals surface area contributed by atoms with Crippen LogP contribution in [-0.2, 0) is 28.7 Å². The molecule has 6 atom stereocenters. The van der Waals surface area contributed by atoms with Crippen molar-refractivity contribution in [1.82, 2.24) is 15.1 Å².